The summed E-state index contributed by atoms with van der Waals surface area (Å²) in [7, 11) is 0. The Morgan fingerprint density at radius 3 is 2.48 bits per heavy atom. The summed E-state index contributed by atoms with van der Waals surface area (Å²) in [6.45, 7) is 0. The number of hydrogen-bond acceptors (Lipinski definition) is 2. The van der Waals surface area contributed by atoms with Crippen molar-refractivity contribution in [1.29, 1.82) is 0 Å². The number of carbonyl (C=O) groups excluding carboxylic acids is 1. The smallest absolute Gasteiger partial charge is 0.287 e. The molecule has 1 amide bonds. The largest absolute Gasteiger partial charge is 0.347 e. The van der Waals surface area contributed by atoms with E-state index in [1.54, 1.807) is 0 Å². The molecule has 0 spiro atoms. The lowest BCUT2D eigenvalue weighted by Crippen LogP contribution is -2.36. The Morgan fingerprint density at radius 2 is 1.76 bits per heavy atom. The molecule has 0 radical (unpaired) electrons. The number of aromatic nitrogens is 2. The standard InChI is InChI=1S/C23H23Cl2N3O/c24-16-12-10-15(11-13-16)14-20-21(18-8-4-5-9-19(18)25)28-22(27-20)23(29)26-17-6-2-1-3-7-17/h4-5,8-13,17H,1-3,6-7,14H2,(H,26,29)(H,27,28). The van der Waals surface area contributed by atoms with E-state index in [-0.39, 0.29) is 11.9 Å². The third-order valence-corrected chi connectivity index (χ3v) is 5.94. The van der Waals surface area contributed by atoms with Gasteiger partial charge in [-0.25, -0.2) is 4.98 Å². The minimum atomic E-state index is -0.160. The number of rotatable bonds is 5. The highest BCUT2D eigenvalue weighted by Crippen LogP contribution is 2.30. The van der Waals surface area contributed by atoms with Crippen LogP contribution in [0, 0.1) is 0 Å². The molecular formula is C23H23Cl2N3O. The van der Waals surface area contributed by atoms with Gasteiger partial charge in [0.1, 0.15) is 0 Å². The van der Waals surface area contributed by atoms with Crippen LogP contribution in [0.1, 0.15) is 54.0 Å². The van der Waals surface area contributed by atoms with Crippen LogP contribution in [-0.2, 0) is 6.42 Å². The van der Waals surface area contributed by atoms with Gasteiger partial charge in [0, 0.05) is 28.7 Å². The van der Waals surface area contributed by atoms with Crippen molar-refractivity contribution in [3.63, 3.8) is 0 Å². The molecule has 1 fully saturated rings. The second-order valence-electron chi connectivity index (χ2n) is 7.50. The minimum Gasteiger partial charge on any atom is -0.347 e. The summed E-state index contributed by atoms with van der Waals surface area (Å²) < 4.78 is 0. The Morgan fingerprint density at radius 1 is 1.03 bits per heavy atom. The first-order valence-corrected chi connectivity index (χ1v) is 10.7. The first-order valence-electron chi connectivity index (χ1n) is 9.99. The van der Waals surface area contributed by atoms with Crippen LogP contribution in [0.5, 0.6) is 0 Å². The van der Waals surface area contributed by atoms with E-state index in [1.807, 2.05) is 48.5 Å². The molecule has 1 aromatic heterocycles. The predicted octanol–water partition coefficient (Wildman–Crippen LogP) is 6.04. The van der Waals surface area contributed by atoms with Crippen molar-refractivity contribution in [1.82, 2.24) is 15.3 Å². The number of carbonyl (C=O) groups is 1. The molecule has 2 N–H and O–H groups in total. The summed E-state index contributed by atoms with van der Waals surface area (Å²) in [4.78, 5) is 20.7. The van der Waals surface area contributed by atoms with E-state index in [4.69, 9.17) is 23.2 Å². The van der Waals surface area contributed by atoms with Gasteiger partial charge in [0.15, 0.2) is 5.82 Å². The zero-order valence-corrected chi connectivity index (χ0v) is 17.6. The minimum absolute atomic E-state index is 0.160. The fourth-order valence-electron chi connectivity index (χ4n) is 3.83. The highest BCUT2D eigenvalue weighted by molar-refractivity contribution is 6.33. The van der Waals surface area contributed by atoms with Gasteiger partial charge in [0.05, 0.1) is 10.7 Å². The second kappa shape index (κ2) is 9.02. The summed E-state index contributed by atoms with van der Waals surface area (Å²) in [5.41, 5.74) is 3.45. The van der Waals surface area contributed by atoms with Crippen molar-refractivity contribution in [2.24, 2.45) is 0 Å². The lowest BCUT2D eigenvalue weighted by atomic mass is 9.95. The molecule has 6 heteroatoms. The molecule has 0 unspecified atom stereocenters. The van der Waals surface area contributed by atoms with Crippen LogP contribution in [0.25, 0.3) is 11.3 Å². The lowest BCUT2D eigenvalue weighted by molar-refractivity contribution is 0.0918. The number of imidazole rings is 1. The third-order valence-electron chi connectivity index (χ3n) is 5.36. The summed E-state index contributed by atoms with van der Waals surface area (Å²) in [5, 5.41) is 4.43. The molecule has 4 rings (SSSR count). The normalized spacial score (nSPS) is 14.7. The second-order valence-corrected chi connectivity index (χ2v) is 8.35. The van der Waals surface area contributed by atoms with Crippen LogP contribution < -0.4 is 5.32 Å². The monoisotopic (exact) mass is 427 g/mol. The predicted molar refractivity (Wildman–Crippen MR) is 118 cm³/mol. The average Bonchev–Trinajstić information content (AvgIpc) is 3.14. The molecule has 0 bridgehead atoms. The molecular weight excluding hydrogens is 405 g/mol. The number of H-pyrrole nitrogens is 1. The number of amides is 1. The Balaban J connectivity index is 1.65. The van der Waals surface area contributed by atoms with E-state index in [0.29, 0.717) is 28.0 Å². The van der Waals surface area contributed by atoms with Crippen LogP contribution in [0.15, 0.2) is 48.5 Å². The number of aromatic amines is 1. The van der Waals surface area contributed by atoms with Crippen molar-refractivity contribution in [2.75, 3.05) is 0 Å². The van der Waals surface area contributed by atoms with Gasteiger partial charge < -0.3 is 10.3 Å². The maximum atomic E-state index is 12.8. The number of benzene rings is 2. The Labute approximate surface area is 180 Å². The lowest BCUT2D eigenvalue weighted by Gasteiger charge is -2.22. The van der Waals surface area contributed by atoms with E-state index in [0.717, 1.165) is 42.5 Å². The molecule has 1 saturated carbocycles. The van der Waals surface area contributed by atoms with Crippen LogP contribution in [0.3, 0.4) is 0 Å². The van der Waals surface area contributed by atoms with Gasteiger partial charge >= 0.3 is 0 Å². The van der Waals surface area contributed by atoms with Gasteiger partial charge in [-0.3, -0.25) is 4.79 Å². The SMILES string of the molecule is O=C(NC1CCCCC1)c1nc(-c2ccccc2Cl)c(Cc2ccc(Cl)cc2)[nH]1. The molecule has 2 aromatic carbocycles. The fraction of sp³-hybridized carbons (Fsp3) is 0.304. The van der Waals surface area contributed by atoms with Gasteiger partial charge in [-0.1, -0.05) is 72.8 Å². The van der Waals surface area contributed by atoms with Crippen molar-refractivity contribution in [3.8, 4) is 11.3 Å². The average molecular weight is 428 g/mol. The Bertz CT molecular complexity index is 992. The summed E-state index contributed by atoms with van der Waals surface area (Å²) in [6, 6.07) is 15.5. The van der Waals surface area contributed by atoms with Crippen molar-refractivity contribution in [2.45, 2.75) is 44.6 Å². The Hall–Kier alpha value is -2.30. The highest BCUT2D eigenvalue weighted by Gasteiger charge is 2.22. The van der Waals surface area contributed by atoms with Gasteiger partial charge in [-0.15, -0.1) is 0 Å². The molecule has 1 aliphatic carbocycles. The molecule has 0 atom stereocenters. The first-order chi connectivity index (χ1) is 14.1. The van der Waals surface area contributed by atoms with Gasteiger partial charge in [0.25, 0.3) is 5.91 Å². The highest BCUT2D eigenvalue weighted by atomic mass is 35.5. The van der Waals surface area contributed by atoms with Gasteiger partial charge in [-0.05, 0) is 36.6 Å². The summed E-state index contributed by atoms with van der Waals surface area (Å²) >= 11 is 12.4. The van der Waals surface area contributed by atoms with E-state index in [2.05, 4.69) is 15.3 Å². The van der Waals surface area contributed by atoms with Gasteiger partial charge in [0.2, 0.25) is 0 Å². The molecule has 0 aliphatic heterocycles. The number of hydrogen-bond donors (Lipinski definition) is 2. The van der Waals surface area contributed by atoms with Crippen LogP contribution >= 0.6 is 23.2 Å². The quantitative estimate of drug-likeness (QED) is 0.521. The van der Waals surface area contributed by atoms with E-state index < -0.39 is 0 Å². The maximum absolute atomic E-state index is 12.8. The number of nitrogens with zero attached hydrogens (tertiary/aromatic N) is 1. The van der Waals surface area contributed by atoms with Crippen molar-refractivity contribution < 1.29 is 4.79 Å². The third kappa shape index (κ3) is 4.82. The summed E-state index contributed by atoms with van der Waals surface area (Å²) in [5.74, 6) is 0.169. The zero-order chi connectivity index (χ0) is 20.2. The summed E-state index contributed by atoms with van der Waals surface area (Å²) in [6.07, 6.45) is 6.23. The molecule has 0 saturated heterocycles. The van der Waals surface area contributed by atoms with Crippen LogP contribution in [-0.4, -0.2) is 21.9 Å². The molecule has 3 aromatic rings. The number of halogens is 2. The fourth-order valence-corrected chi connectivity index (χ4v) is 4.18. The van der Waals surface area contributed by atoms with E-state index >= 15 is 0 Å². The van der Waals surface area contributed by atoms with Crippen LogP contribution in [0.4, 0.5) is 0 Å². The van der Waals surface area contributed by atoms with E-state index in [9.17, 15) is 4.79 Å². The topological polar surface area (TPSA) is 57.8 Å². The first kappa shape index (κ1) is 20.0. The number of nitrogens with one attached hydrogen (secondary N) is 2. The molecule has 4 nitrogen and oxygen atoms in total. The molecule has 29 heavy (non-hydrogen) atoms. The van der Waals surface area contributed by atoms with Crippen molar-refractivity contribution in [3.05, 3.63) is 75.7 Å². The van der Waals surface area contributed by atoms with Crippen molar-refractivity contribution >= 4 is 29.1 Å². The van der Waals surface area contributed by atoms with Crippen LogP contribution in [0.2, 0.25) is 10.0 Å². The zero-order valence-electron chi connectivity index (χ0n) is 16.1. The molecule has 1 heterocycles. The molecule has 150 valence electrons. The maximum Gasteiger partial charge on any atom is 0.287 e. The van der Waals surface area contributed by atoms with E-state index in [1.165, 1.54) is 6.42 Å². The van der Waals surface area contributed by atoms with Gasteiger partial charge in [-0.2, -0.15) is 0 Å². The Kier molecular flexibility index (Phi) is 6.22. The molecule has 1 aliphatic rings.